The van der Waals surface area contributed by atoms with E-state index in [2.05, 4.69) is 49.9 Å². The molecule has 0 aromatic carbocycles. The highest BCUT2D eigenvalue weighted by Crippen LogP contribution is 2.05. The van der Waals surface area contributed by atoms with Gasteiger partial charge in [-0.05, 0) is 25.4 Å². The summed E-state index contributed by atoms with van der Waals surface area (Å²) in [6, 6.07) is 0. The maximum Gasteiger partial charge on any atom is 0.0826 e. The molecule has 1 rings (SSSR count). The van der Waals surface area contributed by atoms with Crippen molar-refractivity contribution in [1.29, 1.82) is 0 Å². The van der Waals surface area contributed by atoms with Crippen LogP contribution in [-0.2, 0) is 4.74 Å². The van der Waals surface area contributed by atoms with Gasteiger partial charge in [-0.15, -0.1) is 0 Å². The van der Waals surface area contributed by atoms with Crippen LogP contribution >= 0.6 is 0 Å². The first-order valence-electron chi connectivity index (χ1n) is 8.20. The van der Waals surface area contributed by atoms with Gasteiger partial charge in [-0.2, -0.15) is 0 Å². The fraction of sp³-hybridized carbons (Fsp3) is 1.00. The number of likely N-dealkylation sites (N-methyl/N-ethyl adjacent to an activating group) is 1. The van der Waals surface area contributed by atoms with Gasteiger partial charge in [0.2, 0.25) is 0 Å². The molecule has 0 saturated carbocycles. The molecule has 1 saturated heterocycles. The lowest BCUT2D eigenvalue weighted by Crippen LogP contribution is -2.48. The summed E-state index contributed by atoms with van der Waals surface area (Å²) in [6.07, 6.45) is 0.359. The Bertz CT molecular complexity index is 246. The summed E-state index contributed by atoms with van der Waals surface area (Å²) in [5, 5.41) is 3.50. The standard InChI is InChI=1S/C16H35N3O/c1-14(2)10-17-11-16-13-19(8-9-20-16)7-6-18(5)12-15(3)4/h14-17H,6-13H2,1-5H3/t16-/m1/s1. The van der Waals surface area contributed by atoms with E-state index in [-0.39, 0.29) is 0 Å². The van der Waals surface area contributed by atoms with E-state index in [0.717, 1.165) is 51.8 Å². The minimum atomic E-state index is 0.359. The molecule has 1 N–H and O–H groups in total. The largest absolute Gasteiger partial charge is 0.374 e. The van der Waals surface area contributed by atoms with Gasteiger partial charge in [0.1, 0.15) is 0 Å². The molecule has 0 aliphatic carbocycles. The summed E-state index contributed by atoms with van der Waals surface area (Å²) >= 11 is 0. The molecule has 1 fully saturated rings. The second-order valence-electron chi connectivity index (χ2n) is 7.00. The Balaban J connectivity index is 2.16. The second kappa shape index (κ2) is 9.72. The van der Waals surface area contributed by atoms with Crippen molar-refractivity contribution in [3.63, 3.8) is 0 Å². The van der Waals surface area contributed by atoms with Crippen molar-refractivity contribution in [3.05, 3.63) is 0 Å². The third kappa shape index (κ3) is 8.20. The average Bonchev–Trinajstić information content (AvgIpc) is 2.36. The predicted molar refractivity (Wildman–Crippen MR) is 86.2 cm³/mol. The van der Waals surface area contributed by atoms with Crippen LogP contribution in [0.3, 0.4) is 0 Å². The first-order chi connectivity index (χ1) is 9.47. The van der Waals surface area contributed by atoms with Crippen LogP contribution in [0.25, 0.3) is 0 Å². The van der Waals surface area contributed by atoms with E-state index in [1.165, 1.54) is 6.54 Å². The lowest BCUT2D eigenvalue weighted by atomic mass is 10.2. The van der Waals surface area contributed by atoms with Crippen molar-refractivity contribution in [2.45, 2.75) is 33.8 Å². The highest BCUT2D eigenvalue weighted by Gasteiger charge is 2.20. The van der Waals surface area contributed by atoms with Crippen LogP contribution in [0.4, 0.5) is 0 Å². The molecular formula is C16H35N3O. The maximum absolute atomic E-state index is 5.84. The van der Waals surface area contributed by atoms with E-state index in [9.17, 15) is 0 Å². The molecule has 0 radical (unpaired) electrons. The molecular weight excluding hydrogens is 250 g/mol. The van der Waals surface area contributed by atoms with E-state index in [0.29, 0.717) is 12.0 Å². The van der Waals surface area contributed by atoms with Gasteiger partial charge < -0.3 is 15.0 Å². The number of rotatable bonds is 9. The summed E-state index contributed by atoms with van der Waals surface area (Å²) in [7, 11) is 2.22. The maximum atomic E-state index is 5.84. The van der Waals surface area contributed by atoms with Crippen molar-refractivity contribution in [3.8, 4) is 0 Å². The predicted octanol–water partition coefficient (Wildman–Crippen LogP) is 1.52. The Morgan fingerprint density at radius 3 is 2.65 bits per heavy atom. The number of hydrogen-bond donors (Lipinski definition) is 1. The fourth-order valence-electron chi connectivity index (χ4n) is 2.67. The van der Waals surface area contributed by atoms with Gasteiger partial charge in [-0.25, -0.2) is 0 Å². The first kappa shape index (κ1) is 17.9. The zero-order valence-electron chi connectivity index (χ0n) is 14.2. The van der Waals surface area contributed by atoms with Crippen LogP contribution in [0.2, 0.25) is 0 Å². The summed E-state index contributed by atoms with van der Waals surface area (Å²) < 4.78 is 5.84. The van der Waals surface area contributed by atoms with E-state index < -0.39 is 0 Å². The third-order valence-electron chi connectivity index (χ3n) is 3.62. The van der Waals surface area contributed by atoms with Crippen molar-refractivity contribution < 1.29 is 4.74 Å². The molecule has 0 spiro atoms. The molecule has 0 bridgehead atoms. The molecule has 1 aliphatic heterocycles. The van der Waals surface area contributed by atoms with E-state index in [1.54, 1.807) is 0 Å². The highest BCUT2D eigenvalue weighted by atomic mass is 16.5. The molecule has 1 atom stereocenters. The molecule has 0 amide bonds. The van der Waals surface area contributed by atoms with Gasteiger partial charge in [0, 0.05) is 39.3 Å². The number of ether oxygens (including phenoxy) is 1. The van der Waals surface area contributed by atoms with Gasteiger partial charge in [0.05, 0.1) is 12.7 Å². The molecule has 1 aliphatic rings. The summed E-state index contributed by atoms with van der Waals surface area (Å²) in [5.41, 5.74) is 0. The van der Waals surface area contributed by atoms with Crippen molar-refractivity contribution in [2.75, 3.05) is 59.5 Å². The molecule has 0 unspecified atom stereocenters. The summed E-state index contributed by atoms with van der Waals surface area (Å²) in [4.78, 5) is 4.98. The van der Waals surface area contributed by atoms with Crippen LogP contribution in [0.15, 0.2) is 0 Å². The van der Waals surface area contributed by atoms with Crippen molar-refractivity contribution >= 4 is 0 Å². The normalized spacial score (nSPS) is 21.3. The zero-order valence-corrected chi connectivity index (χ0v) is 14.2. The molecule has 0 aromatic heterocycles. The summed E-state index contributed by atoms with van der Waals surface area (Å²) in [6.45, 7) is 17.6. The van der Waals surface area contributed by atoms with Crippen LogP contribution in [0, 0.1) is 11.8 Å². The smallest absolute Gasteiger partial charge is 0.0826 e. The quantitative estimate of drug-likeness (QED) is 0.695. The van der Waals surface area contributed by atoms with Crippen LogP contribution in [0.5, 0.6) is 0 Å². The van der Waals surface area contributed by atoms with Crippen LogP contribution in [0.1, 0.15) is 27.7 Å². The van der Waals surface area contributed by atoms with Gasteiger partial charge in [-0.1, -0.05) is 27.7 Å². The second-order valence-corrected chi connectivity index (χ2v) is 7.00. The molecule has 20 heavy (non-hydrogen) atoms. The Morgan fingerprint density at radius 1 is 1.25 bits per heavy atom. The Morgan fingerprint density at radius 2 is 2.00 bits per heavy atom. The van der Waals surface area contributed by atoms with Gasteiger partial charge in [0.25, 0.3) is 0 Å². The Kier molecular flexibility index (Phi) is 8.69. The van der Waals surface area contributed by atoms with E-state index in [4.69, 9.17) is 4.74 Å². The monoisotopic (exact) mass is 285 g/mol. The third-order valence-corrected chi connectivity index (χ3v) is 3.62. The van der Waals surface area contributed by atoms with E-state index in [1.807, 2.05) is 0 Å². The molecule has 1 heterocycles. The van der Waals surface area contributed by atoms with Gasteiger partial charge >= 0.3 is 0 Å². The average molecular weight is 285 g/mol. The zero-order chi connectivity index (χ0) is 15.0. The minimum absolute atomic E-state index is 0.359. The topological polar surface area (TPSA) is 27.7 Å². The molecule has 120 valence electrons. The van der Waals surface area contributed by atoms with Crippen LogP contribution in [-0.4, -0.2) is 75.4 Å². The Labute approximate surface area is 125 Å². The number of nitrogens with zero attached hydrogens (tertiary/aromatic N) is 2. The molecule has 4 nitrogen and oxygen atoms in total. The van der Waals surface area contributed by atoms with Crippen molar-refractivity contribution in [1.82, 2.24) is 15.1 Å². The van der Waals surface area contributed by atoms with Crippen LogP contribution < -0.4 is 5.32 Å². The SMILES string of the molecule is CC(C)CNC[C@@H]1CN(CCN(C)CC(C)C)CCO1. The summed E-state index contributed by atoms with van der Waals surface area (Å²) in [5.74, 6) is 1.46. The minimum Gasteiger partial charge on any atom is -0.374 e. The lowest BCUT2D eigenvalue weighted by Gasteiger charge is -2.34. The van der Waals surface area contributed by atoms with Gasteiger partial charge in [0.15, 0.2) is 0 Å². The number of nitrogens with one attached hydrogen (secondary N) is 1. The fourth-order valence-corrected chi connectivity index (χ4v) is 2.67. The first-order valence-corrected chi connectivity index (χ1v) is 8.20. The molecule has 4 heteroatoms. The Hall–Kier alpha value is -0.160. The lowest BCUT2D eigenvalue weighted by molar-refractivity contribution is -0.0290. The van der Waals surface area contributed by atoms with E-state index >= 15 is 0 Å². The highest BCUT2D eigenvalue weighted by molar-refractivity contribution is 4.74. The van der Waals surface area contributed by atoms with Gasteiger partial charge in [-0.3, -0.25) is 4.90 Å². The number of morpholine rings is 1. The number of hydrogen-bond acceptors (Lipinski definition) is 4. The molecule has 0 aromatic rings. The van der Waals surface area contributed by atoms with Crippen molar-refractivity contribution in [2.24, 2.45) is 11.8 Å².